The Hall–Kier alpha value is -1.60. The fourth-order valence-electron chi connectivity index (χ4n) is 1.09. The molecule has 0 aliphatic carbocycles. The van der Waals surface area contributed by atoms with Gasteiger partial charge in [0, 0.05) is 11.6 Å². The Balaban J connectivity index is 3.13. The highest BCUT2D eigenvalue weighted by Gasteiger charge is 2.27. The number of benzene rings is 1. The Kier molecular flexibility index (Phi) is 3.51. The van der Waals surface area contributed by atoms with Crippen molar-refractivity contribution in [2.45, 2.75) is 12.1 Å². The molecule has 0 amide bonds. The van der Waals surface area contributed by atoms with Gasteiger partial charge in [-0.3, -0.25) is 4.79 Å². The largest absolute Gasteiger partial charge is 0.480 e. The monoisotopic (exact) mass is 235 g/mol. The molecule has 0 heterocycles. The highest BCUT2D eigenvalue weighted by molar-refractivity contribution is 5.74. The van der Waals surface area contributed by atoms with E-state index in [2.05, 4.69) is 0 Å². The van der Waals surface area contributed by atoms with Crippen LogP contribution in [0, 0.1) is 17.5 Å². The summed E-state index contributed by atoms with van der Waals surface area (Å²) in [7, 11) is 0. The van der Waals surface area contributed by atoms with E-state index >= 15 is 0 Å². The molecule has 0 bridgehead atoms. The smallest absolute Gasteiger partial charge is 0.323 e. The van der Waals surface area contributed by atoms with E-state index in [0.29, 0.717) is 6.07 Å². The summed E-state index contributed by atoms with van der Waals surface area (Å²) < 4.78 is 38.4. The summed E-state index contributed by atoms with van der Waals surface area (Å²) >= 11 is 0. The molecule has 2 atom stereocenters. The quantitative estimate of drug-likeness (QED) is 0.668. The molecule has 4 N–H and O–H groups in total. The highest BCUT2D eigenvalue weighted by Crippen LogP contribution is 2.22. The third-order valence-corrected chi connectivity index (χ3v) is 1.98. The second kappa shape index (κ2) is 4.50. The number of hydrogen-bond acceptors (Lipinski definition) is 3. The Labute approximate surface area is 88.1 Å². The van der Waals surface area contributed by atoms with Crippen molar-refractivity contribution in [3.63, 3.8) is 0 Å². The lowest BCUT2D eigenvalue weighted by Gasteiger charge is -2.15. The summed E-state index contributed by atoms with van der Waals surface area (Å²) in [6.45, 7) is 0. The Morgan fingerprint density at radius 1 is 1.19 bits per heavy atom. The van der Waals surface area contributed by atoms with Gasteiger partial charge in [-0.1, -0.05) is 0 Å². The van der Waals surface area contributed by atoms with Gasteiger partial charge in [-0.15, -0.1) is 0 Å². The normalized spacial score (nSPS) is 14.6. The van der Waals surface area contributed by atoms with Crippen LogP contribution in [0.2, 0.25) is 0 Å². The summed E-state index contributed by atoms with van der Waals surface area (Å²) in [5, 5.41) is 17.8. The van der Waals surface area contributed by atoms with Crippen molar-refractivity contribution in [1.82, 2.24) is 0 Å². The molecular weight excluding hydrogens is 227 g/mol. The number of nitrogens with two attached hydrogens (primary N) is 1. The first-order chi connectivity index (χ1) is 7.34. The van der Waals surface area contributed by atoms with E-state index < -0.39 is 41.1 Å². The standard InChI is InChI=1S/C9H8F3NO3/c10-4-2-6(12)5(11)1-3(4)8(14)7(13)9(15)16/h1-2,7-8,14H,13H2,(H,15,16). The minimum atomic E-state index is -1.95. The lowest BCUT2D eigenvalue weighted by atomic mass is 10.0. The first-order valence-corrected chi connectivity index (χ1v) is 4.15. The fraction of sp³-hybridized carbons (Fsp3) is 0.222. The molecule has 1 rings (SSSR count). The van der Waals surface area contributed by atoms with Gasteiger partial charge in [-0.25, -0.2) is 13.2 Å². The molecule has 0 aliphatic rings. The van der Waals surface area contributed by atoms with Gasteiger partial charge in [-0.2, -0.15) is 0 Å². The summed E-state index contributed by atoms with van der Waals surface area (Å²) in [4.78, 5) is 10.4. The number of aliphatic carboxylic acids is 1. The summed E-state index contributed by atoms with van der Waals surface area (Å²) in [5.74, 6) is -5.68. The number of carboxylic acid groups (broad SMARTS) is 1. The van der Waals surface area contributed by atoms with Crippen LogP contribution in [0.25, 0.3) is 0 Å². The predicted molar refractivity (Wildman–Crippen MR) is 46.9 cm³/mol. The minimum absolute atomic E-state index is 0.211. The van der Waals surface area contributed by atoms with Crippen molar-refractivity contribution in [2.24, 2.45) is 5.73 Å². The van der Waals surface area contributed by atoms with Gasteiger partial charge in [0.25, 0.3) is 0 Å². The van der Waals surface area contributed by atoms with Crippen LogP contribution >= 0.6 is 0 Å². The molecule has 0 aromatic heterocycles. The molecule has 4 nitrogen and oxygen atoms in total. The van der Waals surface area contributed by atoms with Gasteiger partial charge < -0.3 is 15.9 Å². The summed E-state index contributed by atoms with van der Waals surface area (Å²) in [6.07, 6.45) is -1.95. The van der Waals surface area contributed by atoms with E-state index in [1.165, 1.54) is 0 Å². The fourth-order valence-corrected chi connectivity index (χ4v) is 1.09. The van der Waals surface area contributed by atoms with Crippen LogP contribution in [0.3, 0.4) is 0 Å². The van der Waals surface area contributed by atoms with Gasteiger partial charge >= 0.3 is 5.97 Å². The van der Waals surface area contributed by atoms with Crippen LogP contribution in [0.4, 0.5) is 13.2 Å². The number of hydrogen-bond donors (Lipinski definition) is 3. The molecule has 0 aliphatic heterocycles. The number of carboxylic acids is 1. The van der Waals surface area contributed by atoms with Crippen molar-refractivity contribution in [1.29, 1.82) is 0 Å². The van der Waals surface area contributed by atoms with E-state index in [0.717, 1.165) is 0 Å². The second-order valence-corrected chi connectivity index (χ2v) is 3.10. The molecule has 1 aromatic rings. The third kappa shape index (κ3) is 2.31. The van der Waals surface area contributed by atoms with Crippen LogP contribution in [0.5, 0.6) is 0 Å². The number of rotatable bonds is 3. The van der Waals surface area contributed by atoms with Crippen LogP contribution in [-0.2, 0) is 4.79 Å². The van der Waals surface area contributed by atoms with E-state index in [-0.39, 0.29) is 6.07 Å². The summed E-state index contributed by atoms with van der Waals surface area (Å²) in [6, 6.07) is -1.24. The molecule has 7 heteroatoms. The van der Waals surface area contributed by atoms with Crippen molar-refractivity contribution in [3.8, 4) is 0 Å². The molecule has 16 heavy (non-hydrogen) atoms. The van der Waals surface area contributed by atoms with Crippen molar-refractivity contribution >= 4 is 5.97 Å². The first-order valence-electron chi connectivity index (χ1n) is 4.15. The average Bonchev–Trinajstić information content (AvgIpc) is 2.21. The zero-order valence-corrected chi connectivity index (χ0v) is 7.82. The SMILES string of the molecule is NC(C(=O)O)C(O)c1cc(F)c(F)cc1F. The molecule has 0 fully saturated rings. The summed E-state index contributed by atoms with van der Waals surface area (Å²) in [5.41, 5.74) is 4.32. The zero-order valence-electron chi connectivity index (χ0n) is 7.82. The van der Waals surface area contributed by atoms with Crippen molar-refractivity contribution in [2.75, 3.05) is 0 Å². The lowest BCUT2D eigenvalue weighted by Crippen LogP contribution is -2.37. The van der Waals surface area contributed by atoms with Crippen molar-refractivity contribution < 1.29 is 28.2 Å². The number of halogens is 3. The molecule has 0 saturated carbocycles. The third-order valence-electron chi connectivity index (χ3n) is 1.98. The molecule has 0 radical (unpaired) electrons. The van der Waals surface area contributed by atoms with E-state index in [4.69, 9.17) is 10.8 Å². The Morgan fingerprint density at radius 3 is 2.19 bits per heavy atom. The highest BCUT2D eigenvalue weighted by atomic mass is 19.2. The molecule has 0 saturated heterocycles. The number of aliphatic hydroxyl groups is 1. The number of aliphatic hydroxyl groups excluding tert-OH is 1. The van der Waals surface area contributed by atoms with Gasteiger partial charge in [0.15, 0.2) is 11.6 Å². The first kappa shape index (κ1) is 12.5. The molecule has 2 unspecified atom stereocenters. The molecular formula is C9H8F3NO3. The van der Waals surface area contributed by atoms with E-state index in [1.54, 1.807) is 0 Å². The molecule has 1 aromatic carbocycles. The van der Waals surface area contributed by atoms with Gasteiger partial charge in [0.1, 0.15) is 18.0 Å². The van der Waals surface area contributed by atoms with Gasteiger partial charge in [0.2, 0.25) is 0 Å². The average molecular weight is 235 g/mol. The van der Waals surface area contributed by atoms with E-state index in [1.807, 2.05) is 0 Å². The van der Waals surface area contributed by atoms with Crippen LogP contribution < -0.4 is 5.73 Å². The van der Waals surface area contributed by atoms with Crippen LogP contribution in [-0.4, -0.2) is 22.2 Å². The van der Waals surface area contributed by atoms with Crippen LogP contribution in [0.15, 0.2) is 12.1 Å². The minimum Gasteiger partial charge on any atom is -0.480 e. The van der Waals surface area contributed by atoms with Crippen molar-refractivity contribution in [3.05, 3.63) is 35.1 Å². The second-order valence-electron chi connectivity index (χ2n) is 3.10. The van der Waals surface area contributed by atoms with E-state index in [9.17, 15) is 23.1 Å². The maximum absolute atomic E-state index is 13.1. The van der Waals surface area contributed by atoms with Gasteiger partial charge in [-0.05, 0) is 6.07 Å². The molecule has 0 spiro atoms. The Morgan fingerprint density at radius 2 is 1.69 bits per heavy atom. The van der Waals surface area contributed by atoms with Gasteiger partial charge in [0.05, 0.1) is 0 Å². The maximum Gasteiger partial charge on any atom is 0.323 e. The zero-order chi connectivity index (χ0) is 12.5. The molecule has 88 valence electrons. The predicted octanol–water partition coefficient (Wildman–Crippen LogP) is 0.549. The topological polar surface area (TPSA) is 83.6 Å². The maximum atomic E-state index is 13.1. The van der Waals surface area contributed by atoms with Crippen LogP contribution in [0.1, 0.15) is 11.7 Å². The number of carbonyl (C=O) groups is 1. The lowest BCUT2D eigenvalue weighted by molar-refractivity contribution is -0.141. The Bertz CT molecular complexity index is 425.